The summed E-state index contributed by atoms with van der Waals surface area (Å²) in [6, 6.07) is 7.62. The number of aliphatic imine (C=N–C) groups is 1. The van der Waals surface area contributed by atoms with Crippen molar-refractivity contribution in [1.82, 2.24) is 15.5 Å². The number of anilines is 1. The van der Waals surface area contributed by atoms with E-state index >= 15 is 0 Å². The fourth-order valence-corrected chi connectivity index (χ4v) is 2.54. The summed E-state index contributed by atoms with van der Waals surface area (Å²) in [7, 11) is 3.43. The van der Waals surface area contributed by atoms with Gasteiger partial charge in [0.25, 0.3) is 0 Å². The van der Waals surface area contributed by atoms with Crippen molar-refractivity contribution in [2.45, 2.75) is 32.8 Å². The van der Waals surface area contributed by atoms with Gasteiger partial charge < -0.3 is 20.3 Å². The van der Waals surface area contributed by atoms with Crippen LogP contribution in [-0.4, -0.2) is 74.2 Å². The number of benzene rings is 1. The van der Waals surface area contributed by atoms with Gasteiger partial charge in [0, 0.05) is 38.6 Å². The second-order valence-corrected chi connectivity index (χ2v) is 8.86. The highest BCUT2D eigenvalue weighted by Gasteiger charge is 2.16. The molecule has 0 saturated carbocycles. The molecule has 0 unspecified atom stereocenters. The minimum Gasteiger partial charge on any atom is -0.444 e. The van der Waals surface area contributed by atoms with E-state index in [1.807, 2.05) is 51.3 Å². The number of carbonyl (C=O) groups excluding carboxylic acids is 2. The average Bonchev–Trinajstić information content (AvgIpc) is 2.65. The molecule has 9 heteroatoms. The summed E-state index contributed by atoms with van der Waals surface area (Å²) < 4.78 is 5.25. The van der Waals surface area contributed by atoms with E-state index in [1.54, 1.807) is 25.9 Å². The van der Waals surface area contributed by atoms with Crippen LogP contribution in [0.1, 0.15) is 26.3 Å². The van der Waals surface area contributed by atoms with Crippen molar-refractivity contribution in [3.05, 3.63) is 29.8 Å². The summed E-state index contributed by atoms with van der Waals surface area (Å²) in [5, 5.41) is 9.22. The van der Waals surface area contributed by atoms with Gasteiger partial charge in [-0.15, -0.1) is 0 Å². The lowest BCUT2D eigenvalue weighted by molar-refractivity contribution is -0.127. The zero-order valence-electron chi connectivity index (χ0n) is 18.9. The van der Waals surface area contributed by atoms with E-state index in [1.165, 1.54) is 4.90 Å². The molecule has 3 N–H and O–H groups in total. The van der Waals surface area contributed by atoms with E-state index in [4.69, 9.17) is 4.74 Å². The minimum atomic E-state index is -0.532. The maximum absolute atomic E-state index is 11.8. The van der Waals surface area contributed by atoms with Crippen molar-refractivity contribution in [2.75, 3.05) is 51.1 Å². The first-order chi connectivity index (χ1) is 14.1. The Labute approximate surface area is 184 Å². The number of guanidine groups is 1. The van der Waals surface area contributed by atoms with Gasteiger partial charge in [-0.2, -0.15) is 11.8 Å². The predicted octanol–water partition coefficient (Wildman–Crippen LogP) is 2.56. The van der Waals surface area contributed by atoms with Gasteiger partial charge in [-0.05, 0) is 51.1 Å². The Kier molecular flexibility index (Phi) is 11.1. The van der Waals surface area contributed by atoms with Gasteiger partial charge in [0.2, 0.25) is 5.91 Å². The molecule has 30 heavy (non-hydrogen) atoms. The molecule has 1 aromatic rings. The van der Waals surface area contributed by atoms with Crippen molar-refractivity contribution in [3.63, 3.8) is 0 Å². The van der Waals surface area contributed by atoms with Crippen LogP contribution < -0.4 is 16.0 Å². The quantitative estimate of drug-likeness (QED) is 0.312. The van der Waals surface area contributed by atoms with Gasteiger partial charge >= 0.3 is 6.09 Å². The number of carbonyl (C=O) groups is 2. The molecule has 2 amide bonds. The molecule has 168 valence electrons. The summed E-state index contributed by atoms with van der Waals surface area (Å²) in [5.74, 6) is 1.53. The van der Waals surface area contributed by atoms with Gasteiger partial charge in [-0.3, -0.25) is 10.1 Å². The molecule has 0 aromatic heterocycles. The lowest BCUT2D eigenvalue weighted by Crippen LogP contribution is -2.40. The standard InChI is InChI=1S/C21H35N5O3S/c1-21(2,3)29-20(28)25-17-9-7-16(8-10-17)11-12-22-19(23-13-14-30-6)24-15-18(27)26(4)5/h7-10H,11-15H2,1-6H3,(H,25,28)(H2,22,23,24). The Morgan fingerprint density at radius 2 is 1.73 bits per heavy atom. The van der Waals surface area contributed by atoms with E-state index in [2.05, 4.69) is 20.9 Å². The first-order valence-electron chi connectivity index (χ1n) is 9.91. The third-order valence-corrected chi connectivity index (χ3v) is 4.39. The topological polar surface area (TPSA) is 95.1 Å². The van der Waals surface area contributed by atoms with E-state index in [0.717, 1.165) is 24.3 Å². The molecule has 8 nitrogen and oxygen atoms in total. The van der Waals surface area contributed by atoms with Crippen LogP contribution in [0.3, 0.4) is 0 Å². The number of amides is 2. The Morgan fingerprint density at radius 1 is 1.10 bits per heavy atom. The van der Waals surface area contributed by atoms with Crippen molar-refractivity contribution in [3.8, 4) is 0 Å². The lowest BCUT2D eigenvalue weighted by atomic mass is 10.1. The molecule has 0 aliphatic rings. The van der Waals surface area contributed by atoms with Crippen LogP contribution in [0.15, 0.2) is 29.3 Å². The number of thioether (sulfide) groups is 1. The Balaban J connectivity index is 2.54. The molecule has 0 fully saturated rings. The third kappa shape index (κ3) is 11.5. The van der Waals surface area contributed by atoms with E-state index in [9.17, 15) is 9.59 Å². The zero-order valence-corrected chi connectivity index (χ0v) is 19.7. The average molecular weight is 438 g/mol. The lowest BCUT2D eigenvalue weighted by Gasteiger charge is -2.19. The molecule has 0 heterocycles. The number of ether oxygens (including phenoxy) is 1. The van der Waals surface area contributed by atoms with Crippen molar-refractivity contribution < 1.29 is 14.3 Å². The largest absolute Gasteiger partial charge is 0.444 e. The molecule has 1 aromatic carbocycles. The number of nitrogens with zero attached hydrogens (tertiary/aromatic N) is 2. The Hall–Kier alpha value is -2.42. The van der Waals surface area contributed by atoms with Crippen LogP contribution in [0.2, 0.25) is 0 Å². The Morgan fingerprint density at radius 3 is 2.30 bits per heavy atom. The van der Waals surface area contributed by atoms with Gasteiger partial charge in [-0.1, -0.05) is 12.1 Å². The highest BCUT2D eigenvalue weighted by molar-refractivity contribution is 7.98. The van der Waals surface area contributed by atoms with E-state index in [0.29, 0.717) is 18.2 Å². The molecule has 0 spiro atoms. The smallest absolute Gasteiger partial charge is 0.412 e. The fourth-order valence-electron chi connectivity index (χ4n) is 2.24. The highest BCUT2D eigenvalue weighted by atomic mass is 32.2. The zero-order chi connectivity index (χ0) is 22.6. The van der Waals surface area contributed by atoms with Gasteiger partial charge in [0.15, 0.2) is 5.96 Å². The van der Waals surface area contributed by atoms with Crippen LogP contribution in [0, 0.1) is 0 Å². The molecule has 0 atom stereocenters. The monoisotopic (exact) mass is 437 g/mol. The van der Waals surface area contributed by atoms with E-state index in [-0.39, 0.29) is 12.5 Å². The van der Waals surface area contributed by atoms with Crippen molar-refractivity contribution >= 4 is 35.4 Å². The van der Waals surface area contributed by atoms with Gasteiger partial charge in [0.05, 0.1) is 0 Å². The Bertz CT molecular complexity index is 700. The van der Waals surface area contributed by atoms with Crippen molar-refractivity contribution in [1.29, 1.82) is 0 Å². The highest BCUT2D eigenvalue weighted by Crippen LogP contribution is 2.13. The van der Waals surface area contributed by atoms with Crippen LogP contribution >= 0.6 is 11.8 Å². The second kappa shape index (κ2) is 13.0. The second-order valence-electron chi connectivity index (χ2n) is 7.87. The van der Waals surface area contributed by atoms with Crippen molar-refractivity contribution in [2.24, 2.45) is 4.99 Å². The SMILES string of the molecule is CSCCNC(=NCC(=O)N(C)C)NCCc1ccc(NC(=O)OC(C)(C)C)cc1. The van der Waals surface area contributed by atoms with Crippen LogP contribution in [0.25, 0.3) is 0 Å². The van der Waals surface area contributed by atoms with Crippen LogP contribution in [0.5, 0.6) is 0 Å². The molecule has 0 aliphatic heterocycles. The fraction of sp³-hybridized carbons (Fsp3) is 0.571. The number of nitrogens with one attached hydrogen (secondary N) is 3. The maximum atomic E-state index is 11.8. The normalized spacial score (nSPS) is 11.6. The van der Waals surface area contributed by atoms with Gasteiger partial charge in [-0.25, -0.2) is 9.79 Å². The molecular formula is C21H35N5O3S. The first-order valence-corrected chi connectivity index (χ1v) is 11.3. The van der Waals surface area contributed by atoms with Crippen LogP contribution in [-0.2, 0) is 16.0 Å². The summed E-state index contributed by atoms with van der Waals surface area (Å²) in [4.78, 5) is 29.5. The molecule has 0 aliphatic carbocycles. The minimum absolute atomic E-state index is 0.0472. The summed E-state index contributed by atoms with van der Waals surface area (Å²) in [5.41, 5.74) is 1.27. The summed E-state index contributed by atoms with van der Waals surface area (Å²) in [6.07, 6.45) is 2.35. The van der Waals surface area contributed by atoms with E-state index < -0.39 is 11.7 Å². The molecule has 1 rings (SSSR count). The molecule has 0 bridgehead atoms. The van der Waals surface area contributed by atoms with Gasteiger partial charge in [0.1, 0.15) is 12.1 Å². The predicted molar refractivity (Wildman–Crippen MR) is 125 cm³/mol. The molecular weight excluding hydrogens is 402 g/mol. The summed E-state index contributed by atoms with van der Waals surface area (Å²) in [6.45, 7) is 7.02. The number of hydrogen-bond donors (Lipinski definition) is 3. The third-order valence-electron chi connectivity index (χ3n) is 3.78. The van der Waals surface area contributed by atoms with Crippen LogP contribution in [0.4, 0.5) is 10.5 Å². The number of rotatable bonds is 9. The first kappa shape index (κ1) is 25.6. The molecule has 0 radical (unpaired) electrons. The maximum Gasteiger partial charge on any atom is 0.412 e. The number of hydrogen-bond acceptors (Lipinski definition) is 5. The summed E-state index contributed by atoms with van der Waals surface area (Å²) >= 11 is 1.74. The molecule has 0 saturated heterocycles. The number of likely N-dealkylation sites (N-methyl/N-ethyl adjacent to an activating group) is 1.